The van der Waals surface area contributed by atoms with Crippen molar-refractivity contribution >= 4 is 0 Å². The molecule has 0 unspecified atom stereocenters. The van der Waals surface area contributed by atoms with Gasteiger partial charge in [-0.25, -0.2) is 0 Å². The Labute approximate surface area is 72.9 Å². The standard InChI is InChI=1S/C8H18N2O2/c1-4-7(11)5(9)3-6(10)8(4)12-2/h4-8,11H,3,9-10H2,1-2H3/t4-,5-,6+,7-,8+/m1/s1. The van der Waals surface area contributed by atoms with E-state index < -0.39 is 6.10 Å². The maximum atomic E-state index is 9.60. The molecule has 0 radical (unpaired) electrons. The lowest BCUT2D eigenvalue weighted by Gasteiger charge is -2.40. The molecular weight excluding hydrogens is 156 g/mol. The van der Waals surface area contributed by atoms with Gasteiger partial charge in [0.1, 0.15) is 0 Å². The van der Waals surface area contributed by atoms with Crippen LogP contribution in [0.15, 0.2) is 0 Å². The molecule has 1 rings (SSSR count). The highest BCUT2D eigenvalue weighted by Crippen LogP contribution is 2.25. The highest BCUT2D eigenvalue weighted by molar-refractivity contribution is 4.95. The molecular formula is C8H18N2O2. The van der Waals surface area contributed by atoms with Crippen LogP contribution in [0.4, 0.5) is 0 Å². The third-order valence-corrected chi connectivity index (χ3v) is 2.73. The Hall–Kier alpha value is -0.160. The Bertz CT molecular complexity index is 154. The van der Waals surface area contributed by atoms with Crippen LogP contribution in [0, 0.1) is 5.92 Å². The number of hydrogen-bond acceptors (Lipinski definition) is 4. The summed E-state index contributed by atoms with van der Waals surface area (Å²) in [5.41, 5.74) is 11.5. The van der Waals surface area contributed by atoms with Gasteiger partial charge in [0.05, 0.1) is 12.2 Å². The third kappa shape index (κ3) is 1.61. The molecule has 12 heavy (non-hydrogen) atoms. The van der Waals surface area contributed by atoms with E-state index in [0.717, 1.165) is 0 Å². The van der Waals surface area contributed by atoms with Gasteiger partial charge >= 0.3 is 0 Å². The Kier molecular flexibility index (Phi) is 3.06. The van der Waals surface area contributed by atoms with E-state index in [9.17, 15) is 5.11 Å². The van der Waals surface area contributed by atoms with Crippen molar-refractivity contribution < 1.29 is 9.84 Å². The number of nitrogens with two attached hydrogens (primary N) is 2. The van der Waals surface area contributed by atoms with E-state index in [1.807, 2.05) is 6.92 Å². The first-order chi connectivity index (χ1) is 5.57. The van der Waals surface area contributed by atoms with Gasteiger partial charge in [-0.3, -0.25) is 0 Å². The van der Waals surface area contributed by atoms with Crippen molar-refractivity contribution in [2.24, 2.45) is 17.4 Å². The second kappa shape index (κ2) is 3.70. The fraction of sp³-hybridized carbons (Fsp3) is 1.00. The summed E-state index contributed by atoms with van der Waals surface area (Å²) in [4.78, 5) is 0. The van der Waals surface area contributed by atoms with Gasteiger partial charge in [0.25, 0.3) is 0 Å². The van der Waals surface area contributed by atoms with Gasteiger partial charge < -0.3 is 21.3 Å². The summed E-state index contributed by atoms with van der Waals surface area (Å²) < 4.78 is 5.19. The second-order valence-electron chi connectivity index (χ2n) is 3.61. The van der Waals surface area contributed by atoms with Gasteiger partial charge in [0, 0.05) is 25.1 Å². The molecule has 4 heteroatoms. The van der Waals surface area contributed by atoms with Gasteiger partial charge in [-0.15, -0.1) is 0 Å². The van der Waals surface area contributed by atoms with Crippen LogP contribution in [-0.2, 0) is 4.74 Å². The number of aliphatic hydroxyl groups excluding tert-OH is 1. The molecule has 0 aromatic carbocycles. The van der Waals surface area contributed by atoms with E-state index in [-0.39, 0.29) is 24.1 Å². The molecule has 1 fully saturated rings. The quantitative estimate of drug-likeness (QED) is 0.479. The first-order valence-corrected chi connectivity index (χ1v) is 4.30. The summed E-state index contributed by atoms with van der Waals surface area (Å²) in [5, 5.41) is 9.60. The molecule has 5 atom stereocenters. The van der Waals surface area contributed by atoms with Crippen molar-refractivity contribution in [1.29, 1.82) is 0 Å². The molecule has 0 aromatic heterocycles. The summed E-state index contributed by atoms with van der Waals surface area (Å²) >= 11 is 0. The van der Waals surface area contributed by atoms with Crippen LogP contribution in [0.1, 0.15) is 13.3 Å². The predicted molar refractivity (Wildman–Crippen MR) is 46.5 cm³/mol. The molecule has 0 aliphatic heterocycles. The largest absolute Gasteiger partial charge is 0.391 e. The topological polar surface area (TPSA) is 81.5 Å². The van der Waals surface area contributed by atoms with Gasteiger partial charge in [0.2, 0.25) is 0 Å². The molecule has 4 nitrogen and oxygen atoms in total. The number of methoxy groups -OCH3 is 1. The summed E-state index contributed by atoms with van der Waals surface area (Å²) in [6.07, 6.45) is 0.0684. The molecule has 1 aliphatic rings. The van der Waals surface area contributed by atoms with Crippen LogP contribution >= 0.6 is 0 Å². The van der Waals surface area contributed by atoms with E-state index in [2.05, 4.69) is 0 Å². The lowest BCUT2D eigenvalue weighted by atomic mass is 9.79. The van der Waals surface area contributed by atoms with Crippen molar-refractivity contribution in [2.75, 3.05) is 7.11 Å². The molecule has 0 amide bonds. The first-order valence-electron chi connectivity index (χ1n) is 4.30. The van der Waals surface area contributed by atoms with Gasteiger partial charge in [-0.2, -0.15) is 0 Å². The Balaban J connectivity index is 2.65. The highest BCUT2D eigenvalue weighted by Gasteiger charge is 2.38. The van der Waals surface area contributed by atoms with E-state index in [0.29, 0.717) is 6.42 Å². The monoisotopic (exact) mass is 174 g/mol. The normalized spacial score (nSPS) is 49.2. The molecule has 0 aromatic rings. The van der Waals surface area contributed by atoms with Gasteiger partial charge in [-0.1, -0.05) is 6.92 Å². The smallest absolute Gasteiger partial charge is 0.0773 e. The minimum atomic E-state index is -0.491. The van der Waals surface area contributed by atoms with Crippen LogP contribution in [0.3, 0.4) is 0 Å². The average molecular weight is 174 g/mol. The molecule has 0 bridgehead atoms. The van der Waals surface area contributed by atoms with Crippen LogP contribution in [-0.4, -0.2) is 36.5 Å². The molecule has 1 aliphatic carbocycles. The summed E-state index contributed by atoms with van der Waals surface area (Å²) in [7, 11) is 1.62. The third-order valence-electron chi connectivity index (χ3n) is 2.73. The van der Waals surface area contributed by atoms with E-state index in [4.69, 9.17) is 16.2 Å². The predicted octanol–water partition coefficient (Wildman–Crippen LogP) is -0.943. The molecule has 0 spiro atoms. The summed E-state index contributed by atoms with van der Waals surface area (Å²) in [6.45, 7) is 1.91. The first kappa shape index (κ1) is 9.92. The van der Waals surface area contributed by atoms with Gasteiger partial charge in [-0.05, 0) is 6.42 Å². The van der Waals surface area contributed by atoms with Crippen LogP contribution in [0.2, 0.25) is 0 Å². The van der Waals surface area contributed by atoms with Crippen LogP contribution in [0.5, 0.6) is 0 Å². The Morgan fingerprint density at radius 1 is 1.33 bits per heavy atom. The van der Waals surface area contributed by atoms with Crippen LogP contribution in [0.25, 0.3) is 0 Å². The summed E-state index contributed by atoms with van der Waals surface area (Å²) in [5.74, 6) is 0.0220. The van der Waals surface area contributed by atoms with Crippen LogP contribution < -0.4 is 11.5 Å². The molecule has 72 valence electrons. The summed E-state index contributed by atoms with van der Waals surface area (Å²) in [6, 6.07) is -0.259. The fourth-order valence-corrected chi connectivity index (χ4v) is 1.95. The number of ether oxygens (including phenoxy) is 1. The minimum Gasteiger partial charge on any atom is -0.391 e. The van der Waals surface area contributed by atoms with E-state index >= 15 is 0 Å². The van der Waals surface area contributed by atoms with Crippen molar-refractivity contribution in [2.45, 2.75) is 37.6 Å². The van der Waals surface area contributed by atoms with Gasteiger partial charge in [0.15, 0.2) is 0 Å². The minimum absolute atomic E-state index is 0.0220. The Morgan fingerprint density at radius 3 is 2.42 bits per heavy atom. The maximum absolute atomic E-state index is 9.60. The lowest BCUT2D eigenvalue weighted by Crippen LogP contribution is -2.57. The van der Waals surface area contributed by atoms with Crippen molar-refractivity contribution in [3.63, 3.8) is 0 Å². The SMILES string of the molecule is CO[C@H]1[C@H](C)[C@@H](O)[C@H](N)C[C@@H]1N. The number of rotatable bonds is 1. The molecule has 1 saturated carbocycles. The fourth-order valence-electron chi connectivity index (χ4n) is 1.95. The molecule has 0 saturated heterocycles. The highest BCUT2D eigenvalue weighted by atomic mass is 16.5. The zero-order valence-electron chi connectivity index (χ0n) is 7.60. The second-order valence-corrected chi connectivity index (χ2v) is 3.61. The van der Waals surface area contributed by atoms with Crippen molar-refractivity contribution in [3.05, 3.63) is 0 Å². The zero-order chi connectivity index (χ0) is 9.30. The maximum Gasteiger partial charge on any atom is 0.0773 e. The van der Waals surface area contributed by atoms with E-state index in [1.54, 1.807) is 7.11 Å². The molecule has 5 N–H and O–H groups in total. The number of aliphatic hydroxyl groups is 1. The number of hydrogen-bond donors (Lipinski definition) is 3. The average Bonchev–Trinajstić information content (AvgIpc) is 2.01. The van der Waals surface area contributed by atoms with E-state index in [1.165, 1.54) is 0 Å². The van der Waals surface area contributed by atoms with Crippen molar-refractivity contribution in [1.82, 2.24) is 0 Å². The lowest BCUT2D eigenvalue weighted by molar-refractivity contribution is -0.0578. The van der Waals surface area contributed by atoms with Crippen molar-refractivity contribution in [3.8, 4) is 0 Å². The molecule has 0 heterocycles. The Morgan fingerprint density at radius 2 is 1.92 bits per heavy atom. The zero-order valence-corrected chi connectivity index (χ0v) is 7.60.